The highest BCUT2D eigenvalue weighted by Crippen LogP contribution is 2.25. The Morgan fingerprint density at radius 2 is 1.68 bits per heavy atom. The number of ether oxygens (including phenoxy) is 2. The Kier molecular flexibility index (Phi) is 9.44. The molecule has 9 heteroatoms. The van der Waals surface area contributed by atoms with E-state index in [4.69, 9.17) is 9.47 Å². The van der Waals surface area contributed by atoms with Crippen molar-refractivity contribution in [3.8, 4) is 17.4 Å². The molecule has 204 valence electrons. The number of phenols is 1. The summed E-state index contributed by atoms with van der Waals surface area (Å²) in [4.78, 5) is 44.3. The molecule has 4 aromatic rings. The molecule has 9 nitrogen and oxygen atoms in total. The van der Waals surface area contributed by atoms with E-state index in [1.165, 1.54) is 29.3 Å². The summed E-state index contributed by atoms with van der Waals surface area (Å²) in [6, 6.07) is 25.4. The molecule has 0 aliphatic rings. The summed E-state index contributed by atoms with van der Waals surface area (Å²) in [6.45, 7) is 2.13. The maximum atomic E-state index is 13.8. The number of carbonyl (C=O) groups excluding carboxylic acids is 3. The fourth-order valence-corrected chi connectivity index (χ4v) is 3.87. The zero-order chi connectivity index (χ0) is 28.3. The van der Waals surface area contributed by atoms with Crippen LogP contribution in [0, 0.1) is 0 Å². The van der Waals surface area contributed by atoms with Gasteiger partial charge in [-0.05, 0) is 60.5 Å². The van der Waals surface area contributed by atoms with Gasteiger partial charge in [-0.25, -0.2) is 9.78 Å². The third-order valence-corrected chi connectivity index (χ3v) is 5.83. The topological polar surface area (TPSA) is 118 Å². The van der Waals surface area contributed by atoms with E-state index in [1.807, 2.05) is 30.3 Å². The predicted octanol–water partition coefficient (Wildman–Crippen LogP) is 4.72. The number of nitrogens with zero attached hydrogens (tertiary/aromatic N) is 2. The smallest absolute Gasteiger partial charge is 0.338 e. The minimum atomic E-state index is -0.484. The number of pyridine rings is 1. The molecule has 0 bridgehead atoms. The monoisotopic (exact) mass is 539 g/mol. The van der Waals surface area contributed by atoms with E-state index in [-0.39, 0.29) is 49.3 Å². The van der Waals surface area contributed by atoms with Gasteiger partial charge in [-0.3, -0.25) is 9.59 Å². The molecule has 0 aliphatic carbocycles. The van der Waals surface area contributed by atoms with E-state index < -0.39 is 11.9 Å². The first-order chi connectivity index (χ1) is 19.4. The highest BCUT2D eigenvalue weighted by molar-refractivity contribution is 5.96. The summed E-state index contributed by atoms with van der Waals surface area (Å²) in [5.74, 6) is -0.682. The van der Waals surface area contributed by atoms with Gasteiger partial charge in [0.25, 0.3) is 5.91 Å². The van der Waals surface area contributed by atoms with Crippen molar-refractivity contribution in [2.75, 3.05) is 13.3 Å². The molecule has 0 aliphatic heterocycles. The van der Waals surface area contributed by atoms with Crippen molar-refractivity contribution < 1.29 is 29.0 Å². The summed E-state index contributed by atoms with van der Waals surface area (Å²) in [7, 11) is 0. The van der Waals surface area contributed by atoms with Crippen molar-refractivity contribution in [1.82, 2.24) is 15.2 Å². The van der Waals surface area contributed by atoms with E-state index in [9.17, 15) is 19.5 Å². The third-order valence-electron chi connectivity index (χ3n) is 5.83. The molecule has 0 unspecified atom stereocenters. The van der Waals surface area contributed by atoms with Gasteiger partial charge in [0.2, 0.25) is 11.8 Å². The van der Waals surface area contributed by atoms with Crippen molar-refractivity contribution >= 4 is 17.8 Å². The minimum absolute atomic E-state index is 0.0574. The molecule has 1 aromatic heterocycles. The van der Waals surface area contributed by atoms with Crippen LogP contribution in [0.15, 0.2) is 97.2 Å². The average Bonchev–Trinajstić information content (AvgIpc) is 2.97. The van der Waals surface area contributed by atoms with Crippen LogP contribution in [-0.4, -0.2) is 46.0 Å². The van der Waals surface area contributed by atoms with Crippen LogP contribution >= 0.6 is 0 Å². The van der Waals surface area contributed by atoms with Gasteiger partial charge in [0.15, 0.2) is 0 Å². The lowest BCUT2D eigenvalue weighted by molar-refractivity contribution is -0.120. The lowest BCUT2D eigenvalue weighted by Crippen LogP contribution is -2.41. The Hall–Kier alpha value is -5.18. The fourth-order valence-electron chi connectivity index (χ4n) is 3.87. The van der Waals surface area contributed by atoms with Crippen molar-refractivity contribution in [3.63, 3.8) is 0 Å². The second-order valence-electron chi connectivity index (χ2n) is 8.80. The van der Waals surface area contributed by atoms with Crippen molar-refractivity contribution in [2.45, 2.75) is 19.9 Å². The molecule has 40 heavy (non-hydrogen) atoms. The van der Waals surface area contributed by atoms with Crippen molar-refractivity contribution in [3.05, 3.63) is 119 Å². The first-order valence-corrected chi connectivity index (χ1v) is 12.7. The molecule has 1 heterocycles. The Labute approximate surface area is 232 Å². The number of esters is 1. The van der Waals surface area contributed by atoms with E-state index in [0.717, 1.165) is 11.1 Å². The third kappa shape index (κ3) is 7.67. The molecular weight excluding hydrogens is 510 g/mol. The van der Waals surface area contributed by atoms with Gasteiger partial charge >= 0.3 is 5.97 Å². The minimum Gasteiger partial charge on any atom is -0.508 e. The number of amides is 2. The average molecular weight is 540 g/mol. The molecule has 3 aromatic carbocycles. The number of carbonyl (C=O) groups is 3. The molecule has 2 amide bonds. The maximum Gasteiger partial charge on any atom is 0.338 e. The highest BCUT2D eigenvalue weighted by atomic mass is 16.5. The fraction of sp³-hybridized carbons (Fsp3) is 0.161. The summed E-state index contributed by atoms with van der Waals surface area (Å²) >= 11 is 0. The normalized spacial score (nSPS) is 10.4. The van der Waals surface area contributed by atoms with Crippen molar-refractivity contribution in [2.24, 2.45) is 0 Å². The molecule has 0 saturated carbocycles. The maximum absolute atomic E-state index is 13.8. The van der Waals surface area contributed by atoms with E-state index >= 15 is 0 Å². The Bertz CT molecular complexity index is 1460. The van der Waals surface area contributed by atoms with E-state index in [0.29, 0.717) is 11.3 Å². The van der Waals surface area contributed by atoms with E-state index in [1.54, 1.807) is 49.4 Å². The Balaban J connectivity index is 1.53. The number of phenolic OH excluding ortho intramolecular Hbond substituents is 1. The summed E-state index contributed by atoms with van der Waals surface area (Å²) in [6.07, 6.45) is 1.59. The molecule has 0 radical (unpaired) electrons. The number of aromatic hydroxyl groups is 1. The van der Waals surface area contributed by atoms with Gasteiger partial charge in [0.05, 0.1) is 25.3 Å². The summed E-state index contributed by atoms with van der Waals surface area (Å²) in [5.41, 5.74) is 2.10. The van der Waals surface area contributed by atoms with Crippen LogP contribution in [0.25, 0.3) is 0 Å². The molecule has 0 saturated heterocycles. The zero-order valence-electron chi connectivity index (χ0n) is 21.9. The SMILES string of the molecule is CCOC(=O)c1cccc(Oc2ncccc2C(=O)N(CNC(=O)Cc2ccc(O)cc2)Cc2ccccc2)c1. The zero-order valence-corrected chi connectivity index (χ0v) is 21.9. The van der Waals surface area contributed by atoms with Crippen LogP contribution in [0.2, 0.25) is 0 Å². The van der Waals surface area contributed by atoms with Crippen molar-refractivity contribution in [1.29, 1.82) is 0 Å². The number of nitrogens with one attached hydrogen (secondary N) is 1. The van der Waals surface area contributed by atoms with Gasteiger partial charge in [0.1, 0.15) is 17.1 Å². The predicted molar refractivity (Wildman–Crippen MR) is 148 cm³/mol. The van der Waals surface area contributed by atoms with E-state index in [2.05, 4.69) is 10.3 Å². The second kappa shape index (κ2) is 13.6. The van der Waals surface area contributed by atoms with Crippen LogP contribution < -0.4 is 10.1 Å². The Morgan fingerprint density at radius 3 is 2.42 bits per heavy atom. The molecule has 2 N–H and O–H groups in total. The standard InChI is InChI=1S/C31H29N3O6/c1-2-39-31(38)24-10-6-11-26(19-24)40-29-27(12-7-17-32-29)30(37)34(20-23-8-4-3-5-9-23)21-33-28(36)18-22-13-15-25(35)16-14-22/h3-17,19,35H,2,18,20-21H2,1H3,(H,33,36). The van der Waals surface area contributed by atoms with Gasteiger partial charge in [-0.2, -0.15) is 0 Å². The number of benzene rings is 3. The lowest BCUT2D eigenvalue weighted by Gasteiger charge is -2.24. The number of hydrogen-bond acceptors (Lipinski definition) is 7. The molecule has 0 atom stereocenters. The molecular formula is C31H29N3O6. The summed E-state index contributed by atoms with van der Waals surface area (Å²) in [5, 5.41) is 12.3. The Morgan fingerprint density at radius 1 is 0.900 bits per heavy atom. The molecule has 4 rings (SSSR count). The van der Waals surface area contributed by atoms with Gasteiger partial charge in [-0.15, -0.1) is 0 Å². The lowest BCUT2D eigenvalue weighted by atomic mass is 10.1. The number of rotatable bonds is 11. The van der Waals surface area contributed by atoms with Gasteiger partial charge in [0, 0.05) is 12.7 Å². The first-order valence-electron chi connectivity index (χ1n) is 12.7. The largest absolute Gasteiger partial charge is 0.508 e. The number of hydrogen-bond donors (Lipinski definition) is 2. The number of aromatic nitrogens is 1. The van der Waals surface area contributed by atoms with Gasteiger partial charge < -0.3 is 24.8 Å². The summed E-state index contributed by atoms with van der Waals surface area (Å²) < 4.78 is 11.0. The van der Waals surface area contributed by atoms with Crippen LogP contribution in [0.5, 0.6) is 17.4 Å². The molecule has 0 spiro atoms. The van der Waals surface area contributed by atoms with Crippen LogP contribution in [0.1, 0.15) is 38.8 Å². The second-order valence-corrected chi connectivity index (χ2v) is 8.80. The quantitative estimate of drug-likeness (QED) is 0.209. The highest BCUT2D eigenvalue weighted by Gasteiger charge is 2.22. The van der Waals surface area contributed by atoms with Crippen LogP contribution in [0.4, 0.5) is 0 Å². The first kappa shape index (κ1) is 27.8. The van der Waals surface area contributed by atoms with Gasteiger partial charge in [-0.1, -0.05) is 48.5 Å². The molecule has 0 fully saturated rings. The van der Waals surface area contributed by atoms with Crippen LogP contribution in [-0.2, 0) is 22.5 Å². The van der Waals surface area contributed by atoms with Crippen LogP contribution in [0.3, 0.4) is 0 Å².